The van der Waals surface area contributed by atoms with Gasteiger partial charge in [-0.2, -0.15) is 0 Å². The zero-order valence-corrected chi connectivity index (χ0v) is 11.2. The first-order valence-electron chi connectivity index (χ1n) is 6.07. The lowest BCUT2D eigenvalue weighted by molar-refractivity contribution is 0.375. The van der Waals surface area contributed by atoms with Crippen LogP contribution < -0.4 is 14.8 Å². The SMILES string of the molecule is CNC1c2c(OC)ccc(OC)c2C(C)C1C. The summed E-state index contributed by atoms with van der Waals surface area (Å²) < 4.78 is 11.0. The third-order valence-electron chi connectivity index (χ3n) is 4.04. The Labute approximate surface area is 103 Å². The second kappa shape index (κ2) is 4.57. The van der Waals surface area contributed by atoms with Crippen LogP contribution in [-0.2, 0) is 0 Å². The molecule has 0 bridgehead atoms. The fourth-order valence-corrected chi connectivity index (χ4v) is 2.96. The summed E-state index contributed by atoms with van der Waals surface area (Å²) in [5, 5.41) is 3.39. The van der Waals surface area contributed by atoms with E-state index in [0.29, 0.717) is 17.9 Å². The molecule has 3 heteroatoms. The van der Waals surface area contributed by atoms with Crippen molar-refractivity contribution in [3.63, 3.8) is 0 Å². The Morgan fingerprint density at radius 1 is 1.00 bits per heavy atom. The van der Waals surface area contributed by atoms with E-state index >= 15 is 0 Å². The van der Waals surface area contributed by atoms with Gasteiger partial charge < -0.3 is 14.8 Å². The van der Waals surface area contributed by atoms with Crippen LogP contribution in [0.15, 0.2) is 12.1 Å². The van der Waals surface area contributed by atoms with Gasteiger partial charge in [-0.25, -0.2) is 0 Å². The maximum Gasteiger partial charge on any atom is 0.124 e. The molecule has 1 aliphatic rings. The van der Waals surface area contributed by atoms with Crippen molar-refractivity contribution in [1.82, 2.24) is 5.32 Å². The van der Waals surface area contributed by atoms with E-state index in [1.165, 1.54) is 11.1 Å². The second-order valence-corrected chi connectivity index (χ2v) is 4.71. The molecular formula is C14H21NO2. The Kier molecular flexibility index (Phi) is 3.29. The summed E-state index contributed by atoms with van der Waals surface area (Å²) in [5.74, 6) is 2.95. The Bertz CT molecular complexity index is 417. The van der Waals surface area contributed by atoms with Crippen molar-refractivity contribution >= 4 is 0 Å². The van der Waals surface area contributed by atoms with Crippen molar-refractivity contribution in [1.29, 1.82) is 0 Å². The fraction of sp³-hybridized carbons (Fsp3) is 0.571. The predicted molar refractivity (Wildman–Crippen MR) is 68.9 cm³/mol. The first kappa shape index (κ1) is 12.2. The number of methoxy groups -OCH3 is 2. The zero-order valence-electron chi connectivity index (χ0n) is 11.2. The first-order valence-corrected chi connectivity index (χ1v) is 6.07. The number of nitrogens with one attached hydrogen (secondary N) is 1. The molecule has 1 aromatic carbocycles. The molecule has 1 N–H and O–H groups in total. The fourth-order valence-electron chi connectivity index (χ4n) is 2.96. The summed E-state index contributed by atoms with van der Waals surface area (Å²) >= 11 is 0. The highest BCUT2D eigenvalue weighted by Crippen LogP contribution is 2.51. The van der Waals surface area contributed by atoms with Gasteiger partial charge in [-0.05, 0) is 31.0 Å². The summed E-state index contributed by atoms with van der Waals surface area (Å²) in [6.07, 6.45) is 0. The van der Waals surface area contributed by atoms with E-state index in [9.17, 15) is 0 Å². The van der Waals surface area contributed by atoms with E-state index in [1.54, 1.807) is 14.2 Å². The normalized spacial score (nSPS) is 26.8. The lowest BCUT2D eigenvalue weighted by Gasteiger charge is -2.19. The van der Waals surface area contributed by atoms with Crippen LogP contribution in [0.5, 0.6) is 11.5 Å². The Balaban J connectivity index is 2.64. The van der Waals surface area contributed by atoms with Gasteiger partial charge in [0.2, 0.25) is 0 Å². The van der Waals surface area contributed by atoms with Crippen LogP contribution in [0.2, 0.25) is 0 Å². The number of hydrogen-bond donors (Lipinski definition) is 1. The molecule has 0 amide bonds. The van der Waals surface area contributed by atoms with Crippen LogP contribution in [0.1, 0.15) is 36.9 Å². The lowest BCUT2D eigenvalue weighted by Crippen LogP contribution is -2.20. The standard InChI is InChI=1S/C14H21NO2/c1-8-9(2)14(15-3)13-11(17-5)7-6-10(16-4)12(8)13/h6-9,14-15H,1-5H3. The van der Waals surface area contributed by atoms with Crippen LogP contribution in [0.4, 0.5) is 0 Å². The minimum Gasteiger partial charge on any atom is -0.496 e. The number of rotatable bonds is 3. The maximum atomic E-state index is 5.49. The highest BCUT2D eigenvalue weighted by Gasteiger charge is 2.38. The summed E-state index contributed by atoms with van der Waals surface area (Å²) in [6, 6.07) is 4.33. The van der Waals surface area contributed by atoms with Crippen molar-refractivity contribution < 1.29 is 9.47 Å². The smallest absolute Gasteiger partial charge is 0.124 e. The predicted octanol–water partition coefficient (Wildman–Crippen LogP) is 2.72. The Morgan fingerprint density at radius 3 is 2.00 bits per heavy atom. The van der Waals surface area contributed by atoms with Crippen LogP contribution in [0.25, 0.3) is 0 Å². The van der Waals surface area contributed by atoms with Crippen molar-refractivity contribution in [2.24, 2.45) is 5.92 Å². The number of hydrogen-bond acceptors (Lipinski definition) is 3. The van der Waals surface area contributed by atoms with Gasteiger partial charge in [0.15, 0.2) is 0 Å². The van der Waals surface area contributed by atoms with Crippen LogP contribution >= 0.6 is 0 Å². The van der Waals surface area contributed by atoms with E-state index in [-0.39, 0.29) is 0 Å². The average molecular weight is 235 g/mol. The molecule has 3 atom stereocenters. The van der Waals surface area contributed by atoms with Gasteiger partial charge in [0.05, 0.1) is 14.2 Å². The van der Waals surface area contributed by atoms with Gasteiger partial charge in [-0.1, -0.05) is 13.8 Å². The van der Waals surface area contributed by atoms with E-state index < -0.39 is 0 Å². The Morgan fingerprint density at radius 2 is 1.53 bits per heavy atom. The number of fused-ring (bicyclic) bond motifs is 1. The van der Waals surface area contributed by atoms with E-state index in [2.05, 4.69) is 19.2 Å². The lowest BCUT2D eigenvalue weighted by atomic mass is 9.94. The Hall–Kier alpha value is -1.22. The van der Waals surface area contributed by atoms with Crippen LogP contribution in [0, 0.1) is 5.92 Å². The first-order chi connectivity index (χ1) is 8.15. The van der Waals surface area contributed by atoms with Gasteiger partial charge in [0.1, 0.15) is 11.5 Å². The van der Waals surface area contributed by atoms with Crippen molar-refractivity contribution in [2.75, 3.05) is 21.3 Å². The van der Waals surface area contributed by atoms with E-state index in [1.807, 2.05) is 19.2 Å². The van der Waals surface area contributed by atoms with Gasteiger partial charge in [-0.15, -0.1) is 0 Å². The summed E-state index contributed by atoms with van der Waals surface area (Å²) in [6.45, 7) is 4.52. The highest BCUT2D eigenvalue weighted by atomic mass is 16.5. The molecule has 1 aliphatic carbocycles. The number of benzene rings is 1. The third-order valence-corrected chi connectivity index (χ3v) is 4.04. The average Bonchev–Trinajstić information content (AvgIpc) is 2.61. The van der Waals surface area contributed by atoms with Gasteiger partial charge in [-0.3, -0.25) is 0 Å². The monoisotopic (exact) mass is 235 g/mol. The molecule has 0 radical (unpaired) electrons. The van der Waals surface area contributed by atoms with Crippen LogP contribution in [0.3, 0.4) is 0 Å². The van der Waals surface area contributed by atoms with E-state index in [0.717, 1.165) is 11.5 Å². The van der Waals surface area contributed by atoms with Crippen molar-refractivity contribution in [3.8, 4) is 11.5 Å². The molecule has 0 saturated carbocycles. The summed E-state index contributed by atoms with van der Waals surface area (Å²) in [7, 11) is 5.45. The molecule has 0 saturated heterocycles. The third kappa shape index (κ3) is 1.69. The van der Waals surface area contributed by atoms with Crippen molar-refractivity contribution in [3.05, 3.63) is 23.3 Å². The molecule has 17 heavy (non-hydrogen) atoms. The molecule has 0 spiro atoms. The summed E-state index contributed by atoms with van der Waals surface area (Å²) in [5.41, 5.74) is 2.55. The van der Waals surface area contributed by atoms with Gasteiger partial charge in [0.25, 0.3) is 0 Å². The zero-order chi connectivity index (χ0) is 12.6. The highest BCUT2D eigenvalue weighted by molar-refractivity contribution is 5.55. The molecule has 0 aromatic heterocycles. The molecule has 1 aromatic rings. The molecule has 2 rings (SSSR count). The van der Waals surface area contributed by atoms with Crippen molar-refractivity contribution in [2.45, 2.75) is 25.8 Å². The topological polar surface area (TPSA) is 30.5 Å². The summed E-state index contributed by atoms with van der Waals surface area (Å²) in [4.78, 5) is 0. The molecule has 3 nitrogen and oxygen atoms in total. The molecule has 0 aliphatic heterocycles. The quantitative estimate of drug-likeness (QED) is 0.873. The van der Waals surface area contributed by atoms with Crippen LogP contribution in [-0.4, -0.2) is 21.3 Å². The largest absolute Gasteiger partial charge is 0.496 e. The maximum absolute atomic E-state index is 5.49. The molecule has 94 valence electrons. The minimum absolute atomic E-state index is 0.338. The van der Waals surface area contributed by atoms with Gasteiger partial charge in [0, 0.05) is 17.2 Å². The number of ether oxygens (including phenoxy) is 2. The minimum atomic E-state index is 0.338. The molecule has 0 heterocycles. The van der Waals surface area contributed by atoms with Gasteiger partial charge >= 0.3 is 0 Å². The van der Waals surface area contributed by atoms with E-state index in [4.69, 9.17) is 9.47 Å². The molecule has 3 unspecified atom stereocenters. The molecule has 0 fully saturated rings. The second-order valence-electron chi connectivity index (χ2n) is 4.71. The molecular weight excluding hydrogens is 214 g/mol.